The smallest absolute Gasteiger partial charge is 0.266 e. The van der Waals surface area contributed by atoms with Crippen LogP contribution in [0.2, 0.25) is 0 Å². The summed E-state index contributed by atoms with van der Waals surface area (Å²) in [6.07, 6.45) is 3.29. The predicted octanol–water partition coefficient (Wildman–Crippen LogP) is 0.764. The molecule has 0 radical (unpaired) electrons. The third-order valence-corrected chi connectivity index (χ3v) is 4.21. The summed E-state index contributed by atoms with van der Waals surface area (Å²) in [4.78, 5) is 18.3. The zero-order valence-corrected chi connectivity index (χ0v) is 14.0. The van der Waals surface area contributed by atoms with Crippen molar-refractivity contribution in [3.05, 3.63) is 40.8 Å². The molecule has 7 nitrogen and oxygen atoms in total. The average Bonchev–Trinajstić information content (AvgIpc) is 2.95. The molecule has 1 fully saturated rings. The van der Waals surface area contributed by atoms with Gasteiger partial charge in [0, 0.05) is 37.0 Å². The first-order valence-corrected chi connectivity index (χ1v) is 8.05. The Kier molecular flexibility index (Phi) is 4.30. The number of hydrogen-bond donors (Lipinski definition) is 0. The number of hydrogen-bond acceptors (Lipinski definition) is 5. The predicted molar refractivity (Wildman–Crippen MR) is 87.1 cm³/mol. The summed E-state index contributed by atoms with van der Waals surface area (Å²) in [5.74, 6) is 0.492. The molecule has 0 amide bonds. The molecule has 0 bridgehead atoms. The van der Waals surface area contributed by atoms with Gasteiger partial charge in [0.15, 0.2) is 0 Å². The summed E-state index contributed by atoms with van der Waals surface area (Å²) in [6.45, 7) is 10.8. The van der Waals surface area contributed by atoms with Gasteiger partial charge in [-0.2, -0.15) is 10.2 Å². The van der Waals surface area contributed by atoms with Crippen LogP contribution >= 0.6 is 0 Å². The van der Waals surface area contributed by atoms with E-state index >= 15 is 0 Å². The molecule has 0 N–H and O–H groups in total. The van der Waals surface area contributed by atoms with Gasteiger partial charge in [0.1, 0.15) is 12.7 Å². The first-order chi connectivity index (χ1) is 10.9. The van der Waals surface area contributed by atoms with E-state index in [1.807, 2.05) is 10.7 Å². The molecule has 1 saturated heterocycles. The molecule has 3 rings (SSSR count). The standard InChI is InChI=1S/C16H24N6O/c1-16(2,3)14-4-5-15(23)22(19-14)10-13-8-20(9-13)6-7-21-12-17-11-18-21/h4-5,11-13H,6-10H2,1-3H3. The molecule has 0 aromatic carbocycles. The minimum absolute atomic E-state index is 0.0148. The van der Waals surface area contributed by atoms with Gasteiger partial charge < -0.3 is 4.90 Å². The van der Waals surface area contributed by atoms with Gasteiger partial charge in [0.05, 0.1) is 18.8 Å². The topological polar surface area (TPSA) is 68.8 Å². The van der Waals surface area contributed by atoms with Crippen molar-refractivity contribution in [2.45, 2.75) is 39.3 Å². The number of likely N-dealkylation sites (tertiary alicyclic amines) is 1. The largest absolute Gasteiger partial charge is 0.301 e. The molecule has 0 aliphatic carbocycles. The van der Waals surface area contributed by atoms with Crippen molar-refractivity contribution in [1.29, 1.82) is 0 Å². The van der Waals surface area contributed by atoms with Crippen LogP contribution in [0.3, 0.4) is 0 Å². The average molecular weight is 316 g/mol. The Morgan fingerprint density at radius 3 is 2.65 bits per heavy atom. The fourth-order valence-corrected chi connectivity index (χ4v) is 2.79. The van der Waals surface area contributed by atoms with Crippen LogP contribution in [0.1, 0.15) is 26.5 Å². The van der Waals surface area contributed by atoms with Gasteiger partial charge in [-0.1, -0.05) is 20.8 Å². The van der Waals surface area contributed by atoms with E-state index in [-0.39, 0.29) is 11.0 Å². The van der Waals surface area contributed by atoms with Gasteiger partial charge in [-0.3, -0.25) is 9.48 Å². The monoisotopic (exact) mass is 316 g/mol. The lowest BCUT2D eigenvalue weighted by atomic mass is 9.92. The van der Waals surface area contributed by atoms with Crippen LogP contribution in [0.15, 0.2) is 29.6 Å². The van der Waals surface area contributed by atoms with Gasteiger partial charge in [0.25, 0.3) is 5.56 Å². The van der Waals surface area contributed by atoms with E-state index in [0.717, 1.165) is 31.9 Å². The summed E-state index contributed by atoms with van der Waals surface area (Å²) in [6, 6.07) is 3.47. The zero-order chi connectivity index (χ0) is 16.4. The summed E-state index contributed by atoms with van der Waals surface area (Å²) < 4.78 is 3.46. The molecule has 1 aliphatic heterocycles. The molecular weight excluding hydrogens is 292 g/mol. The number of aromatic nitrogens is 5. The van der Waals surface area contributed by atoms with Crippen LogP contribution in [0.25, 0.3) is 0 Å². The summed E-state index contributed by atoms with van der Waals surface area (Å²) in [7, 11) is 0. The fourth-order valence-electron chi connectivity index (χ4n) is 2.79. The van der Waals surface area contributed by atoms with E-state index in [1.165, 1.54) is 0 Å². The summed E-state index contributed by atoms with van der Waals surface area (Å²) >= 11 is 0. The molecular formula is C16H24N6O. The third-order valence-electron chi connectivity index (χ3n) is 4.21. The van der Waals surface area contributed by atoms with E-state index in [9.17, 15) is 4.79 Å². The Morgan fingerprint density at radius 1 is 1.22 bits per heavy atom. The van der Waals surface area contributed by atoms with Crippen LogP contribution in [0.5, 0.6) is 0 Å². The molecule has 2 aromatic rings. The van der Waals surface area contributed by atoms with Crippen molar-refractivity contribution in [1.82, 2.24) is 29.4 Å². The van der Waals surface area contributed by atoms with Crippen molar-refractivity contribution >= 4 is 0 Å². The lowest BCUT2D eigenvalue weighted by Gasteiger charge is -2.39. The molecule has 0 spiro atoms. The molecule has 3 heterocycles. The third kappa shape index (κ3) is 3.85. The van der Waals surface area contributed by atoms with Crippen molar-refractivity contribution in [3.8, 4) is 0 Å². The van der Waals surface area contributed by atoms with Crippen molar-refractivity contribution < 1.29 is 0 Å². The minimum atomic E-state index is -0.0428. The van der Waals surface area contributed by atoms with Crippen molar-refractivity contribution in [3.63, 3.8) is 0 Å². The Balaban J connectivity index is 1.52. The van der Waals surface area contributed by atoms with Gasteiger partial charge in [-0.25, -0.2) is 9.67 Å². The van der Waals surface area contributed by atoms with Crippen LogP contribution in [-0.2, 0) is 18.5 Å². The second-order valence-electron chi connectivity index (χ2n) is 7.27. The Hall–Kier alpha value is -2.02. The van der Waals surface area contributed by atoms with Crippen LogP contribution < -0.4 is 5.56 Å². The molecule has 2 aromatic heterocycles. The quantitative estimate of drug-likeness (QED) is 0.815. The Morgan fingerprint density at radius 2 is 2.00 bits per heavy atom. The highest BCUT2D eigenvalue weighted by Crippen LogP contribution is 2.19. The van der Waals surface area contributed by atoms with E-state index < -0.39 is 0 Å². The molecule has 0 atom stereocenters. The maximum atomic E-state index is 12.0. The normalized spacial score (nSPS) is 16.5. The highest BCUT2D eigenvalue weighted by molar-refractivity contribution is 5.10. The van der Waals surface area contributed by atoms with E-state index in [4.69, 9.17) is 0 Å². The molecule has 1 aliphatic rings. The Labute approximate surface area is 135 Å². The van der Waals surface area contributed by atoms with Gasteiger partial charge >= 0.3 is 0 Å². The van der Waals surface area contributed by atoms with Gasteiger partial charge in [0.2, 0.25) is 0 Å². The minimum Gasteiger partial charge on any atom is -0.301 e. The van der Waals surface area contributed by atoms with E-state index in [2.05, 4.69) is 40.9 Å². The summed E-state index contributed by atoms with van der Waals surface area (Å²) in [5, 5.41) is 8.64. The van der Waals surface area contributed by atoms with Crippen molar-refractivity contribution in [2.75, 3.05) is 19.6 Å². The fraction of sp³-hybridized carbons (Fsp3) is 0.625. The van der Waals surface area contributed by atoms with Crippen molar-refractivity contribution in [2.24, 2.45) is 5.92 Å². The zero-order valence-electron chi connectivity index (χ0n) is 14.0. The SMILES string of the molecule is CC(C)(C)c1ccc(=O)n(CC2CN(CCn3cncn3)C2)n1. The molecule has 23 heavy (non-hydrogen) atoms. The second kappa shape index (κ2) is 6.23. The summed E-state index contributed by atoms with van der Waals surface area (Å²) in [5.41, 5.74) is 0.900. The lowest BCUT2D eigenvalue weighted by Crippen LogP contribution is -2.50. The van der Waals surface area contributed by atoms with Crippen LogP contribution in [-0.4, -0.2) is 49.1 Å². The first-order valence-electron chi connectivity index (χ1n) is 8.05. The molecule has 0 unspecified atom stereocenters. The number of nitrogens with zero attached hydrogens (tertiary/aromatic N) is 6. The second-order valence-corrected chi connectivity index (χ2v) is 7.27. The highest BCUT2D eigenvalue weighted by Gasteiger charge is 2.27. The molecule has 7 heteroatoms. The maximum Gasteiger partial charge on any atom is 0.266 e. The van der Waals surface area contributed by atoms with E-state index in [1.54, 1.807) is 23.4 Å². The van der Waals surface area contributed by atoms with Crippen LogP contribution in [0.4, 0.5) is 0 Å². The molecule has 124 valence electrons. The van der Waals surface area contributed by atoms with Crippen LogP contribution in [0, 0.1) is 5.92 Å². The molecule has 0 saturated carbocycles. The van der Waals surface area contributed by atoms with E-state index in [0.29, 0.717) is 12.5 Å². The van der Waals surface area contributed by atoms with Gasteiger partial charge in [-0.15, -0.1) is 0 Å². The highest BCUT2D eigenvalue weighted by atomic mass is 16.1. The first kappa shape index (κ1) is 15.9. The maximum absolute atomic E-state index is 12.0. The van der Waals surface area contributed by atoms with Gasteiger partial charge in [-0.05, 0) is 6.07 Å². The number of rotatable bonds is 5. The lowest BCUT2D eigenvalue weighted by molar-refractivity contribution is 0.0791. The Bertz CT molecular complexity index is 694.